The first kappa shape index (κ1) is 19.6. The molecule has 0 atom stereocenters. The number of hydrogen-bond donors (Lipinski definition) is 2. The molecule has 0 unspecified atom stereocenters. The van der Waals surface area contributed by atoms with Gasteiger partial charge >= 0.3 is 17.9 Å². The van der Waals surface area contributed by atoms with Gasteiger partial charge in [-0.15, -0.1) is 0 Å². The van der Waals surface area contributed by atoms with Gasteiger partial charge < -0.3 is 15.1 Å². The summed E-state index contributed by atoms with van der Waals surface area (Å²) in [5.74, 6) is -4.93. The minimum Gasteiger partial charge on any atom is -0.478 e. The molecule has 1 heterocycles. The molecule has 10 nitrogen and oxygen atoms in total. The molecule has 0 fully saturated rings. The van der Waals surface area contributed by atoms with Crippen molar-refractivity contribution in [3.05, 3.63) is 62.5 Å². The molecule has 0 saturated heterocycles. The van der Waals surface area contributed by atoms with Gasteiger partial charge in [-0.25, -0.2) is 14.4 Å². The van der Waals surface area contributed by atoms with Gasteiger partial charge in [-0.3, -0.25) is 10.1 Å². The Kier molecular flexibility index (Phi) is 5.29. The molecule has 10 heteroatoms. The van der Waals surface area contributed by atoms with Crippen LogP contribution in [0.1, 0.15) is 32.3 Å². The Morgan fingerprint density at radius 1 is 1.11 bits per heavy atom. The van der Waals surface area contributed by atoms with Crippen molar-refractivity contribution in [3.8, 4) is 0 Å². The summed E-state index contributed by atoms with van der Waals surface area (Å²) in [7, 11) is 0. The Balaban J connectivity index is 2.79. The van der Waals surface area contributed by atoms with E-state index < -0.39 is 28.7 Å². The molecule has 0 aliphatic carbocycles. The number of carbonyl (C=O) groups excluding carboxylic acids is 1. The molecule has 142 valence electrons. The van der Waals surface area contributed by atoms with Crippen molar-refractivity contribution in [2.75, 3.05) is 0 Å². The summed E-state index contributed by atoms with van der Waals surface area (Å²) < 4.78 is 0. The average Bonchev–Trinajstić information content (AvgIpc) is 2.57. The quantitative estimate of drug-likeness (QED) is 0.582. The summed E-state index contributed by atoms with van der Waals surface area (Å²) >= 11 is 0. The number of nitro benzene ring substituents is 1. The first-order chi connectivity index (χ1) is 12.6. The zero-order valence-electron chi connectivity index (χ0n) is 14.6. The highest BCUT2D eigenvalue weighted by molar-refractivity contribution is 5.98. The predicted octanol–water partition coefficient (Wildman–Crippen LogP) is 2.19. The van der Waals surface area contributed by atoms with E-state index in [4.69, 9.17) is 4.84 Å². The zero-order chi connectivity index (χ0) is 20.5. The Hall–Kier alpha value is -3.69. The lowest BCUT2D eigenvalue weighted by molar-refractivity contribution is -0.384. The van der Waals surface area contributed by atoms with Crippen LogP contribution in [0.5, 0.6) is 0 Å². The maximum Gasteiger partial charge on any atom is 0.334 e. The maximum absolute atomic E-state index is 11.9. The van der Waals surface area contributed by atoms with Crippen molar-refractivity contribution >= 4 is 23.6 Å². The number of hydrogen-bond acceptors (Lipinski definition) is 7. The van der Waals surface area contributed by atoms with E-state index >= 15 is 0 Å². The largest absolute Gasteiger partial charge is 0.478 e. The molecule has 1 aromatic carbocycles. The summed E-state index contributed by atoms with van der Waals surface area (Å²) in [6.07, 6.45) is 0. The van der Waals surface area contributed by atoms with Gasteiger partial charge in [-0.2, -0.15) is 5.06 Å². The lowest BCUT2D eigenvalue weighted by Gasteiger charge is -2.34. The smallest absolute Gasteiger partial charge is 0.334 e. The number of allylic oxidation sites excluding steroid dienone is 2. The van der Waals surface area contributed by atoms with Crippen LogP contribution in [0, 0.1) is 10.1 Å². The fourth-order valence-corrected chi connectivity index (χ4v) is 3.01. The second kappa shape index (κ2) is 7.28. The second-order valence-electron chi connectivity index (χ2n) is 5.77. The van der Waals surface area contributed by atoms with Crippen LogP contribution in [0.25, 0.3) is 0 Å². The van der Waals surface area contributed by atoms with Crippen LogP contribution >= 0.6 is 0 Å². The second-order valence-corrected chi connectivity index (χ2v) is 5.77. The van der Waals surface area contributed by atoms with Crippen molar-refractivity contribution in [2.45, 2.75) is 26.7 Å². The number of carboxylic acid groups (broad SMARTS) is 2. The molecule has 1 aromatic rings. The first-order valence-electron chi connectivity index (χ1n) is 7.67. The fraction of sp³-hybridized carbons (Fsp3) is 0.235. The molecule has 0 spiro atoms. The third-order valence-corrected chi connectivity index (χ3v) is 4.06. The van der Waals surface area contributed by atoms with Crippen molar-refractivity contribution in [1.29, 1.82) is 0 Å². The van der Waals surface area contributed by atoms with E-state index in [0.29, 0.717) is 0 Å². The summed E-state index contributed by atoms with van der Waals surface area (Å²) in [5, 5.41) is 31.3. The van der Waals surface area contributed by atoms with Crippen LogP contribution < -0.4 is 0 Å². The third-order valence-electron chi connectivity index (χ3n) is 4.06. The van der Waals surface area contributed by atoms with Gasteiger partial charge in [0.1, 0.15) is 0 Å². The average molecular weight is 376 g/mol. The zero-order valence-corrected chi connectivity index (χ0v) is 14.6. The van der Waals surface area contributed by atoms with Crippen molar-refractivity contribution in [3.63, 3.8) is 0 Å². The topological polar surface area (TPSA) is 147 Å². The molecule has 0 saturated carbocycles. The number of nitrogens with zero attached hydrogens (tertiary/aromatic N) is 2. The summed E-state index contributed by atoms with van der Waals surface area (Å²) in [4.78, 5) is 50.5. The number of benzene rings is 1. The van der Waals surface area contributed by atoms with Gasteiger partial charge in [0.15, 0.2) is 0 Å². The van der Waals surface area contributed by atoms with Crippen LogP contribution in [0.2, 0.25) is 0 Å². The highest BCUT2D eigenvalue weighted by atomic mass is 16.7. The van der Waals surface area contributed by atoms with Crippen molar-refractivity contribution < 1.29 is 34.4 Å². The molecular formula is C17H16N2O8. The van der Waals surface area contributed by atoms with E-state index in [0.717, 1.165) is 18.1 Å². The molecule has 1 aliphatic heterocycles. The number of carbonyl (C=O) groups is 3. The highest BCUT2D eigenvalue weighted by Gasteiger charge is 2.41. The number of hydroxylamine groups is 2. The number of non-ortho nitro benzene ring substituents is 1. The minimum absolute atomic E-state index is 0.00305. The van der Waals surface area contributed by atoms with E-state index in [1.807, 2.05) is 0 Å². The van der Waals surface area contributed by atoms with Gasteiger partial charge in [0.25, 0.3) is 5.69 Å². The minimum atomic E-state index is -1.44. The maximum atomic E-state index is 11.9. The monoisotopic (exact) mass is 376 g/mol. The van der Waals surface area contributed by atoms with Crippen LogP contribution in [0.3, 0.4) is 0 Å². The number of carboxylic acids is 2. The molecule has 2 N–H and O–H groups in total. The summed E-state index contributed by atoms with van der Waals surface area (Å²) in [5.41, 5.74) is -0.909. The molecule has 0 bridgehead atoms. The van der Waals surface area contributed by atoms with Crippen LogP contribution in [-0.4, -0.2) is 38.1 Å². The molecule has 1 aliphatic rings. The molecule has 0 radical (unpaired) electrons. The predicted molar refractivity (Wildman–Crippen MR) is 90.1 cm³/mol. The molecular weight excluding hydrogens is 360 g/mol. The van der Waals surface area contributed by atoms with E-state index in [-0.39, 0.29) is 33.8 Å². The molecule has 2 rings (SSSR count). The van der Waals surface area contributed by atoms with Crippen LogP contribution in [0.4, 0.5) is 5.69 Å². The van der Waals surface area contributed by atoms with E-state index in [1.165, 1.54) is 32.0 Å². The highest BCUT2D eigenvalue weighted by Crippen LogP contribution is 2.42. The first-order valence-corrected chi connectivity index (χ1v) is 7.67. The van der Waals surface area contributed by atoms with Gasteiger partial charge in [-0.1, -0.05) is 12.1 Å². The molecule has 0 aromatic heterocycles. The number of rotatable bonds is 5. The van der Waals surface area contributed by atoms with Crippen LogP contribution in [-0.2, 0) is 19.2 Å². The van der Waals surface area contributed by atoms with Gasteiger partial charge in [-0.05, 0) is 19.4 Å². The standard InChI is InChI=1S/C17H16N2O8/c1-8-13(16(21)22)15(11-5-4-6-12(7-11)19(25)26)14(17(23)24)9(2)18(8)27-10(3)20/h4-7,15H,1-3H3,(H,21,22)(H,23,24). The van der Waals surface area contributed by atoms with Gasteiger partial charge in [0, 0.05) is 19.1 Å². The van der Waals surface area contributed by atoms with E-state index in [9.17, 15) is 34.7 Å². The Morgan fingerprint density at radius 2 is 1.63 bits per heavy atom. The fourth-order valence-electron chi connectivity index (χ4n) is 3.01. The Labute approximate surface area is 153 Å². The summed E-state index contributed by atoms with van der Waals surface area (Å²) in [6.45, 7) is 3.81. The van der Waals surface area contributed by atoms with Gasteiger partial charge in [0.05, 0.1) is 33.4 Å². The van der Waals surface area contributed by atoms with Crippen LogP contribution in [0.15, 0.2) is 46.8 Å². The number of aliphatic carboxylic acids is 2. The van der Waals surface area contributed by atoms with Crippen molar-refractivity contribution in [1.82, 2.24) is 5.06 Å². The normalized spacial score (nSPS) is 15.0. The summed E-state index contributed by atoms with van der Waals surface area (Å²) in [6, 6.07) is 5.09. The third kappa shape index (κ3) is 3.64. The lowest BCUT2D eigenvalue weighted by Crippen LogP contribution is -2.35. The van der Waals surface area contributed by atoms with E-state index in [1.54, 1.807) is 0 Å². The lowest BCUT2D eigenvalue weighted by atomic mass is 9.80. The van der Waals surface area contributed by atoms with Gasteiger partial charge in [0.2, 0.25) is 0 Å². The Morgan fingerprint density at radius 3 is 2.04 bits per heavy atom. The molecule has 27 heavy (non-hydrogen) atoms. The number of nitro groups is 1. The SMILES string of the molecule is CC(=O)ON1C(C)=C(C(=O)O)C(c2cccc([N+](=O)[O-])c2)C(C(=O)O)=C1C. The van der Waals surface area contributed by atoms with Crippen molar-refractivity contribution in [2.24, 2.45) is 0 Å². The van der Waals surface area contributed by atoms with E-state index in [2.05, 4.69) is 0 Å². The Bertz CT molecular complexity index is 877. The molecule has 0 amide bonds.